The van der Waals surface area contributed by atoms with Gasteiger partial charge in [-0.25, -0.2) is 4.98 Å². The van der Waals surface area contributed by atoms with E-state index in [1.165, 1.54) is 11.3 Å². The summed E-state index contributed by atoms with van der Waals surface area (Å²) in [5, 5.41) is 1.80. The first kappa shape index (κ1) is 21.9. The molecule has 1 heterocycles. The van der Waals surface area contributed by atoms with Crippen LogP contribution in [-0.2, 0) is 6.54 Å². The molecule has 1 aromatic heterocycles. The molecule has 0 fully saturated rings. The average Bonchev–Trinajstić information content (AvgIpc) is 3.16. The molecule has 3 nitrogen and oxygen atoms in total. The second-order valence-corrected chi connectivity index (χ2v) is 10.7. The van der Waals surface area contributed by atoms with Crippen molar-refractivity contribution >= 4 is 56.0 Å². The lowest BCUT2D eigenvalue weighted by atomic mass is 10.1. The average molecular weight is 467 g/mol. The highest BCUT2D eigenvalue weighted by atomic mass is 35.5. The van der Waals surface area contributed by atoms with Gasteiger partial charge in [0.25, 0.3) is 5.91 Å². The number of nitrogens with zero attached hydrogens (tertiary/aromatic N) is 2. The third kappa shape index (κ3) is 5.12. The van der Waals surface area contributed by atoms with E-state index >= 15 is 0 Å². The molecule has 0 spiro atoms. The number of thioether (sulfide) groups is 1. The molecule has 0 aliphatic heterocycles. The predicted octanol–water partition coefficient (Wildman–Crippen LogP) is 7.61. The standard InChI is InChI=1S/C25H23ClN2OS2/c1-16(2)30-21-11-7-10-19(13-21)24(29)28(15-18-8-5-4-6-9-18)25-27-23-17(3)12-20(26)14-22(23)31-25/h4-14,16H,15H2,1-3H3. The zero-order valence-electron chi connectivity index (χ0n) is 17.6. The van der Waals surface area contributed by atoms with Gasteiger partial charge in [-0.3, -0.25) is 9.69 Å². The number of aromatic nitrogens is 1. The van der Waals surface area contributed by atoms with E-state index in [4.69, 9.17) is 16.6 Å². The molecule has 3 aromatic carbocycles. The van der Waals surface area contributed by atoms with Gasteiger partial charge in [-0.2, -0.15) is 0 Å². The molecule has 0 radical (unpaired) electrons. The Balaban J connectivity index is 1.76. The van der Waals surface area contributed by atoms with Crippen molar-refractivity contribution in [2.45, 2.75) is 37.5 Å². The van der Waals surface area contributed by atoms with Crippen LogP contribution in [0.2, 0.25) is 5.02 Å². The molecular formula is C25H23ClN2OS2. The van der Waals surface area contributed by atoms with Crippen LogP contribution in [0.5, 0.6) is 0 Å². The van der Waals surface area contributed by atoms with Crippen molar-refractivity contribution in [2.24, 2.45) is 0 Å². The zero-order chi connectivity index (χ0) is 22.0. The van der Waals surface area contributed by atoms with E-state index < -0.39 is 0 Å². The van der Waals surface area contributed by atoms with Crippen LogP contribution in [0, 0.1) is 6.92 Å². The van der Waals surface area contributed by atoms with Crippen LogP contribution in [-0.4, -0.2) is 16.1 Å². The van der Waals surface area contributed by atoms with E-state index in [0.29, 0.717) is 27.5 Å². The van der Waals surface area contributed by atoms with Gasteiger partial charge in [-0.05, 0) is 48.4 Å². The number of hydrogen-bond donors (Lipinski definition) is 0. The van der Waals surface area contributed by atoms with Crippen LogP contribution in [0.3, 0.4) is 0 Å². The second-order valence-electron chi connectivity index (χ2n) is 7.64. The number of carbonyl (C=O) groups is 1. The van der Waals surface area contributed by atoms with Crippen LogP contribution in [0.15, 0.2) is 71.6 Å². The molecule has 4 rings (SSSR count). The van der Waals surface area contributed by atoms with E-state index in [1.807, 2.05) is 73.7 Å². The fourth-order valence-corrected chi connectivity index (χ4v) is 5.70. The molecule has 0 N–H and O–H groups in total. The van der Waals surface area contributed by atoms with E-state index in [0.717, 1.165) is 26.2 Å². The van der Waals surface area contributed by atoms with Crippen molar-refractivity contribution in [1.29, 1.82) is 0 Å². The minimum atomic E-state index is -0.0575. The van der Waals surface area contributed by atoms with E-state index in [1.54, 1.807) is 16.7 Å². The molecule has 0 saturated heterocycles. The number of thiazole rings is 1. The largest absolute Gasteiger partial charge is 0.279 e. The zero-order valence-corrected chi connectivity index (χ0v) is 20.0. The molecule has 0 saturated carbocycles. The highest BCUT2D eigenvalue weighted by molar-refractivity contribution is 7.99. The van der Waals surface area contributed by atoms with Crippen molar-refractivity contribution in [3.8, 4) is 0 Å². The number of fused-ring (bicyclic) bond motifs is 1. The van der Waals surface area contributed by atoms with Gasteiger partial charge in [0.05, 0.1) is 16.8 Å². The summed E-state index contributed by atoms with van der Waals surface area (Å²) in [6.07, 6.45) is 0. The highest BCUT2D eigenvalue weighted by Crippen LogP contribution is 2.34. The van der Waals surface area contributed by atoms with E-state index in [9.17, 15) is 4.79 Å². The summed E-state index contributed by atoms with van der Waals surface area (Å²) in [5.74, 6) is -0.0575. The van der Waals surface area contributed by atoms with Crippen LogP contribution >= 0.6 is 34.7 Å². The maximum atomic E-state index is 13.7. The Morgan fingerprint density at radius 3 is 2.61 bits per heavy atom. The Bertz CT molecular complexity index is 1220. The Labute approximate surface area is 196 Å². The number of carbonyl (C=O) groups excluding carboxylic acids is 1. The maximum absolute atomic E-state index is 13.7. The molecular weight excluding hydrogens is 444 g/mol. The van der Waals surface area contributed by atoms with Crippen molar-refractivity contribution in [2.75, 3.05) is 4.90 Å². The number of aryl methyl sites for hydroxylation is 1. The Hall–Kier alpha value is -2.34. The molecule has 158 valence electrons. The first-order valence-electron chi connectivity index (χ1n) is 10.1. The maximum Gasteiger partial charge on any atom is 0.260 e. The molecule has 6 heteroatoms. The summed E-state index contributed by atoms with van der Waals surface area (Å²) in [5.41, 5.74) is 3.61. The van der Waals surface area contributed by atoms with Crippen molar-refractivity contribution in [1.82, 2.24) is 4.98 Å². The summed E-state index contributed by atoms with van der Waals surface area (Å²) in [6, 6.07) is 21.7. The van der Waals surface area contributed by atoms with E-state index in [-0.39, 0.29) is 5.91 Å². The fourth-order valence-electron chi connectivity index (χ4n) is 3.38. The molecule has 31 heavy (non-hydrogen) atoms. The highest BCUT2D eigenvalue weighted by Gasteiger charge is 2.23. The van der Waals surface area contributed by atoms with Gasteiger partial charge in [0.1, 0.15) is 0 Å². The van der Waals surface area contributed by atoms with Gasteiger partial charge in [0, 0.05) is 20.7 Å². The van der Waals surface area contributed by atoms with Crippen molar-refractivity contribution in [3.63, 3.8) is 0 Å². The molecule has 4 aromatic rings. The minimum absolute atomic E-state index is 0.0575. The Morgan fingerprint density at radius 1 is 1.10 bits per heavy atom. The monoisotopic (exact) mass is 466 g/mol. The van der Waals surface area contributed by atoms with Gasteiger partial charge < -0.3 is 0 Å². The van der Waals surface area contributed by atoms with Crippen LogP contribution in [0.25, 0.3) is 10.2 Å². The summed E-state index contributed by atoms with van der Waals surface area (Å²) in [7, 11) is 0. The van der Waals surface area contributed by atoms with Crippen LogP contribution in [0.1, 0.15) is 35.3 Å². The quantitative estimate of drug-likeness (QED) is 0.274. The van der Waals surface area contributed by atoms with Gasteiger partial charge in [0.2, 0.25) is 0 Å². The van der Waals surface area contributed by atoms with Crippen LogP contribution < -0.4 is 4.90 Å². The smallest absolute Gasteiger partial charge is 0.260 e. The Morgan fingerprint density at radius 2 is 1.87 bits per heavy atom. The van der Waals surface area contributed by atoms with Crippen molar-refractivity contribution < 1.29 is 4.79 Å². The number of amides is 1. The first-order valence-corrected chi connectivity index (χ1v) is 12.2. The molecule has 0 aliphatic carbocycles. The lowest BCUT2D eigenvalue weighted by Crippen LogP contribution is -2.30. The van der Waals surface area contributed by atoms with Gasteiger partial charge >= 0.3 is 0 Å². The van der Waals surface area contributed by atoms with Crippen molar-refractivity contribution in [3.05, 3.63) is 88.4 Å². The van der Waals surface area contributed by atoms with Gasteiger partial charge in [-0.15, -0.1) is 11.8 Å². The molecule has 0 atom stereocenters. The number of anilines is 1. The normalized spacial score (nSPS) is 11.3. The topological polar surface area (TPSA) is 33.2 Å². The summed E-state index contributed by atoms with van der Waals surface area (Å²) >= 11 is 9.50. The van der Waals surface area contributed by atoms with Gasteiger partial charge in [-0.1, -0.05) is 73.2 Å². The lowest BCUT2D eigenvalue weighted by molar-refractivity contribution is 0.0985. The third-order valence-corrected chi connectivity index (χ3v) is 6.99. The number of benzene rings is 3. The number of rotatable bonds is 6. The lowest BCUT2D eigenvalue weighted by Gasteiger charge is -2.20. The summed E-state index contributed by atoms with van der Waals surface area (Å²) in [6.45, 7) is 6.74. The number of hydrogen-bond acceptors (Lipinski definition) is 4. The molecule has 1 amide bonds. The minimum Gasteiger partial charge on any atom is -0.279 e. The fraction of sp³-hybridized carbons (Fsp3) is 0.200. The molecule has 0 aliphatic rings. The summed E-state index contributed by atoms with van der Waals surface area (Å²) < 4.78 is 0.981. The molecule has 0 bridgehead atoms. The third-order valence-electron chi connectivity index (χ3n) is 4.75. The molecule has 0 unspecified atom stereocenters. The second kappa shape index (κ2) is 9.43. The van der Waals surface area contributed by atoms with Crippen LogP contribution in [0.4, 0.5) is 5.13 Å². The first-order chi connectivity index (χ1) is 14.9. The SMILES string of the molecule is Cc1cc(Cl)cc2sc(N(Cc3ccccc3)C(=O)c3cccc(SC(C)C)c3)nc12. The predicted molar refractivity (Wildman–Crippen MR) is 134 cm³/mol. The van der Waals surface area contributed by atoms with Gasteiger partial charge in [0.15, 0.2) is 5.13 Å². The summed E-state index contributed by atoms with van der Waals surface area (Å²) in [4.78, 5) is 21.4. The Kier molecular flexibility index (Phi) is 6.65. The van der Waals surface area contributed by atoms with E-state index in [2.05, 4.69) is 13.8 Å². The number of halogens is 1.